The number of benzene rings is 1. The molecular formula is C17H19N3O. The van der Waals surface area contributed by atoms with E-state index in [4.69, 9.17) is 0 Å². The minimum atomic E-state index is 0.122. The van der Waals surface area contributed by atoms with Gasteiger partial charge in [-0.05, 0) is 36.6 Å². The van der Waals surface area contributed by atoms with Gasteiger partial charge in [0.2, 0.25) is 5.91 Å². The van der Waals surface area contributed by atoms with E-state index < -0.39 is 0 Å². The van der Waals surface area contributed by atoms with Crippen molar-refractivity contribution in [1.29, 1.82) is 0 Å². The monoisotopic (exact) mass is 281 g/mol. The topological polar surface area (TPSA) is 45.2 Å². The summed E-state index contributed by atoms with van der Waals surface area (Å²) in [4.78, 5) is 18.4. The second kappa shape index (κ2) is 6.06. The molecule has 0 bridgehead atoms. The maximum Gasteiger partial charge on any atom is 0.241 e. The Balaban J connectivity index is 1.61. The van der Waals surface area contributed by atoms with Crippen molar-refractivity contribution in [3.63, 3.8) is 0 Å². The number of aromatic nitrogens is 1. The zero-order chi connectivity index (χ0) is 14.7. The van der Waals surface area contributed by atoms with Gasteiger partial charge in [-0.25, -0.2) is 0 Å². The number of fused-ring (bicyclic) bond motifs is 1. The fourth-order valence-corrected chi connectivity index (χ4v) is 2.85. The number of carbonyl (C=O) groups is 1. The molecule has 108 valence electrons. The van der Waals surface area contributed by atoms with Gasteiger partial charge in [-0.3, -0.25) is 9.78 Å². The molecule has 1 unspecified atom stereocenters. The summed E-state index contributed by atoms with van der Waals surface area (Å²) < 4.78 is 0. The molecule has 0 saturated heterocycles. The molecule has 1 aliphatic heterocycles. The van der Waals surface area contributed by atoms with E-state index in [0.29, 0.717) is 13.1 Å². The first-order valence-electron chi connectivity index (χ1n) is 7.25. The molecule has 1 aromatic carbocycles. The van der Waals surface area contributed by atoms with Crippen LogP contribution < -0.4 is 10.2 Å². The van der Waals surface area contributed by atoms with E-state index in [1.165, 1.54) is 5.56 Å². The molecule has 1 amide bonds. The van der Waals surface area contributed by atoms with E-state index in [-0.39, 0.29) is 11.9 Å². The van der Waals surface area contributed by atoms with Crippen LogP contribution >= 0.6 is 0 Å². The zero-order valence-corrected chi connectivity index (χ0v) is 12.1. The van der Waals surface area contributed by atoms with Gasteiger partial charge >= 0.3 is 0 Å². The van der Waals surface area contributed by atoms with E-state index >= 15 is 0 Å². The van der Waals surface area contributed by atoms with Gasteiger partial charge < -0.3 is 10.2 Å². The first-order valence-corrected chi connectivity index (χ1v) is 7.25. The van der Waals surface area contributed by atoms with Gasteiger partial charge in [-0.2, -0.15) is 0 Å². The molecule has 4 heteroatoms. The summed E-state index contributed by atoms with van der Waals surface area (Å²) in [5, 5.41) is 3.20. The average molecular weight is 281 g/mol. The molecule has 0 fully saturated rings. The minimum absolute atomic E-state index is 0.122. The van der Waals surface area contributed by atoms with Crippen molar-refractivity contribution in [1.82, 2.24) is 10.3 Å². The van der Waals surface area contributed by atoms with Crippen LogP contribution in [0.4, 0.5) is 5.69 Å². The second-order valence-corrected chi connectivity index (χ2v) is 5.41. The Labute approximate surface area is 124 Å². The third kappa shape index (κ3) is 2.95. The number of amides is 1. The largest absolute Gasteiger partial charge is 0.308 e. The predicted octanol–water partition coefficient (Wildman–Crippen LogP) is 2.15. The van der Waals surface area contributed by atoms with E-state index in [1.807, 2.05) is 41.4 Å². The van der Waals surface area contributed by atoms with Crippen molar-refractivity contribution >= 4 is 11.6 Å². The number of hydrogen-bond donors (Lipinski definition) is 1. The van der Waals surface area contributed by atoms with Crippen molar-refractivity contribution < 1.29 is 4.79 Å². The molecular weight excluding hydrogens is 262 g/mol. The second-order valence-electron chi connectivity index (χ2n) is 5.41. The first-order chi connectivity index (χ1) is 10.3. The Hall–Kier alpha value is -2.20. The highest BCUT2D eigenvalue weighted by molar-refractivity contribution is 5.97. The Morgan fingerprint density at radius 1 is 1.33 bits per heavy atom. The minimum Gasteiger partial charge on any atom is -0.308 e. The van der Waals surface area contributed by atoms with Crippen molar-refractivity contribution in [2.75, 3.05) is 11.4 Å². The Kier molecular flexibility index (Phi) is 3.97. The third-order valence-electron chi connectivity index (χ3n) is 3.80. The fourth-order valence-electron chi connectivity index (χ4n) is 2.85. The lowest BCUT2D eigenvalue weighted by molar-refractivity contribution is -0.118. The van der Waals surface area contributed by atoms with Crippen molar-refractivity contribution in [3.05, 3.63) is 59.9 Å². The van der Waals surface area contributed by atoms with Gasteiger partial charge in [-0.15, -0.1) is 0 Å². The SMILES string of the molecule is CC1Cc2ccccc2N1C(=O)CNCc1cccnc1. The number of para-hydroxylation sites is 1. The Morgan fingerprint density at radius 3 is 3.00 bits per heavy atom. The van der Waals surface area contributed by atoms with Crippen LogP contribution in [0.15, 0.2) is 48.8 Å². The molecule has 1 aromatic heterocycles. The molecule has 0 spiro atoms. The third-order valence-corrected chi connectivity index (χ3v) is 3.80. The lowest BCUT2D eigenvalue weighted by Gasteiger charge is -2.23. The zero-order valence-electron chi connectivity index (χ0n) is 12.1. The van der Waals surface area contributed by atoms with Crippen LogP contribution in [0.5, 0.6) is 0 Å². The number of hydrogen-bond acceptors (Lipinski definition) is 3. The van der Waals surface area contributed by atoms with Gasteiger partial charge in [0.1, 0.15) is 0 Å². The van der Waals surface area contributed by atoms with Crippen molar-refractivity contribution in [2.24, 2.45) is 0 Å². The van der Waals surface area contributed by atoms with Crippen LogP contribution in [0.1, 0.15) is 18.1 Å². The molecule has 3 rings (SSSR count). The van der Waals surface area contributed by atoms with Gasteiger partial charge in [0.25, 0.3) is 0 Å². The summed E-state index contributed by atoms with van der Waals surface area (Å²) in [6, 6.07) is 12.3. The van der Waals surface area contributed by atoms with Crippen LogP contribution in [0, 0.1) is 0 Å². The normalized spacial score (nSPS) is 16.8. The molecule has 0 radical (unpaired) electrons. The first kappa shape index (κ1) is 13.8. The summed E-state index contributed by atoms with van der Waals surface area (Å²) in [5.74, 6) is 0.122. The lowest BCUT2D eigenvalue weighted by atomic mass is 10.1. The predicted molar refractivity (Wildman–Crippen MR) is 83.0 cm³/mol. The van der Waals surface area contributed by atoms with Crippen molar-refractivity contribution in [2.45, 2.75) is 25.9 Å². The fraction of sp³-hybridized carbons (Fsp3) is 0.294. The van der Waals surface area contributed by atoms with Gasteiger partial charge in [0, 0.05) is 30.7 Å². The molecule has 1 N–H and O–H groups in total. The number of pyridine rings is 1. The molecule has 1 atom stereocenters. The summed E-state index contributed by atoms with van der Waals surface area (Å²) in [6.45, 7) is 3.09. The van der Waals surface area contributed by atoms with Crippen LogP contribution in [-0.2, 0) is 17.8 Å². The van der Waals surface area contributed by atoms with Gasteiger partial charge in [0.05, 0.1) is 6.54 Å². The van der Waals surface area contributed by atoms with Crippen LogP contribution in [0.3, 0.4) is 0 Å². The maximum absolute atomic E-state index is 12.5. The van der Waals surface area contributed by atoms with Crippen LogP contribution in [0.25, 0.3) is 0 Å². The van der Waals surface area contributed by atoms with Crippen LogP contribution in [-0.4, -0.2) is 23.5 Å². The quantitative estimate of drug-likeness (QED) is 0.934. The Bertz CT molecular complexity index is 627. The number of nitrogens with zero attached hydrogens (tertiary/aromatic N) is 2. The molecule has 0 aliphatic carbocycles. The number of nitrogens with one attached hydrogen (secondary N) is 1. The maximum atomic E-state index is 12.5. The highest BCUT2D eigenvalue weighted by Crippen LogP contribution is 2.31. The van der Waals surface area contributed by atoms with Gasteiger partial charge in [0.15, 0.2) is 0 Å². The molecule has 2 aromatic rings. The number of anilines is 1. The van der Waals surface area contributed by atoms with E-state index in [2.05, 4.69) is 23.3 Å². The average Bonchev–Trinajstić information content (AvgIpc) is 2.84. The van der Waals surface area contributed by atoms with E-state index in [1.54, 1.807) is 6.20 Å². The Morgan fingerprint density at radius 2 is 2.19 bits per heavy atom. The smallest absolute Gasteiger partial charge is 0.241 e. The van der Waals surface area contributed by atoms with Crippen LogP contribution in [0.2, 0.25) is 0 Å². The summed E-state index contributed by atoms with van der Waals surface area (Å²) in [6.07, 6.45) is 4.49. The number of carbonyl (C=O) groups excluding carboxylic acids is 1. The standard InChI is InChI=1S/C17H19N3O/c1-13-9-15-6-2-3-7-16(15)20(13)17(21)12-19-11-14-5-4-8-18-10-14/h2-8,10,13,19H,9,11-12H2,1H3. The van der Waals surface area contributed by atoms with E-state index in [0.717, 1.165) is 17.7 Å². The van der Waals surface area contributed by atoms with Gasteiger partial charge in [-0.1, -0.05) is 24.3 Å². The molecule has 4 nitrogen and oxygen atoms in total. The highest BCUT2D eigenvalue weighted by Gasteiger charge is 2.29. The summed E-state index contributed by atoms with van der Waals surface area (Å²) in [7, 11) is 0. The molecule has 1 aliphatic rings. The number of rotatable bonds is 4. The van der Waals surface area contributed by atoms with E-state index in [9.17, 15) is 4.79 Å². The summed E-state index contributed by atoms with van der Waals surface area (Å²) in [5.41, 5.74) is 3.39. The molecule has 0 saturated carbocycles. The molecule has 21 heavy (non-hydrogen) atoms. The summed E-state index contributed by atoms with van der Waals surface area (Å²) >= 11 is 0. The lowest BCUT2D eigenvalue weighted by Crippen LogP contribution is -2.41. The highest BCUT2D eigenvalue weighted by atomic mass is 16.2. The van der Waals surface area contributed by atoms with Crippen molar-refractivity contribution in [3.8, 4) is 0 Å². The molecule has 2 heterocycles.